The average Bonchev–Trinajstić information content (AvgIpc) is 4.18. The Kier molecular flexibility index (Phi) is 8.45. The first kappa shape index (κ1) is 41.6. The van der Waals surface area contributed by atoms with Crippen LogP contribution in [0.25, 0.3) is 77.3 Å². The van der Waals surface area contributed by atoms with Crippen molar-refractivity contribution < 1.29 is 0 Å². The number of aryl methyl sites for hydroxylation is 4. The van der Waals surface area contributed by atoms with E-state index in [2.05, 4.69) is 225 Å². The Labute approximate surface area is 443 Å². The zero-order chi connectivity index (χ0) is 49.3. The van der Waals surface area contributed by atoms with Gasteiger partial charge in [-0.2, -0.15) is 0 Å². The fraction of sp³-hybridized carbons (Fsp3) is 0.114. The summed E-state index contributed by atoms with van der Waals surface area (Å²) in [5, 5.41) is 2.62. The Morgan fingerprint density at radius 3 is 1.17 bits per heavy atom. The lowest BCUT2D eigenvalue weighted by molar-refractivity contribution is 0.686. The molecule has 0 N–H and O–H groups in total. The molecule has 2 aliphatic carbocycles. The van der Waals surface area contributed by atoms with Crippen molar-refractivity contribution in [2.24, 2.45) is 0 Å². The van der Waals surface area contributed by atoms with Crippen LogP contribution in [0.2, 0.25) is 0 Å². The smallest absolute Gasteiger partial charge is 0.333 e. The summed E-state index contributed by atoms with van der Waals surface area (Å²) in [6.45, 7) is -0.143. The fourth-order valence-corrected chi connectivity index (χ4v) is 15.4. The number of hydrogen-bond acceptors (Lipinski definition) is 2. The van der Waals surface area contributed by atoms with Crippen molar-refractivity contribution in [1.29, 1.82) is 0 Å². The van der Waals surface area contributed by atoms with Crippen molar-refractivity contribution in [3.63, 3.8) is 0 Å². The number of nitrogens with zero attached hydrogens (tertiary/aromatic N) is 4. The predicted octanol–water partition coefficient (Wildman–Crippen LogP) is 14.7. The molecule has 6 aliphatic rings. The molecule has 2 aromatic heterocycles. The molecular weight excluding hydrogens is 918 g/mol. The first-order valence-corrected chi connectivity index (χ1v) is 27.8. The molecule has 12 aromatic rings. The third-order valence-electron chi connectivity index (χ3n) is 18.5. The molecule has 0 radical (unpaired) electrons. The van der Waals surface area contributed by atoms with Gasteiger partial charge in [-0.05, 0) is 190 Å². The van der Waals surface area contributed by atoms with E-state index in [1.54, 1.807) is 0 Å². The summed E-state index contributed by atoms with van der Waals surface area (Å²) in [5.74, 6) is 0. The highest BCUT2D eigenvalue weighted by Crippen LogP contribution is 2.52. The molecule has 0 bridgehead atoms. The van der Waals surface area contributed by atoms with Crippen LogP contribution in [0, 0.1) is 0 Å². The molecule has 76 heavy (non-hydrogen) atoms. The van der Waals surface area contributed by atoms with Crippen LogP contribution >= 0.6 is 0 Å². The third kappa shape index (κ3) is 5.51. The second kappa shape index (κ2) is 15.4. The second-order valence-electron chi connectivity index (χ2n) is 22.4. The van der Waals surface area contributed by atoms with Crippen molar-refractivity contribution in [2.75, 3.05) is 9.80 Å². The van der Waals surface area contributed by atoms with Crippen LogP contribution in [-0.2, 0) is 25.7 Å². The van der Waals surface area contributed by atoms with E-state index in [0.717, 1.165) is 12.8 Å². The summed E-state index contributed by atoms with van der Waals surface area (Å²) >= 11 is 0. The van der Waals surface area contributed by atoms with E-state index in [0.29, 0.717) is 0 Å². The lowest BCUT2D eigenvalue weighted by atomic mass is 9.45. The number of hydrogen-bond donors (Lipinski definition) is 0. The Balaban J connectivity index is 0.959. The van der Waals surface area contributed by atoms with Crippen molar-refractivity contribution in [3.8, 4) is 44.5 Å². The molecule has 4 aliphatic heterocycles. The quantitative estimate of drug-likeness (QED) is 0.163. The molecule has 0 saturated heterocycles. The van der Waals surface area contributed by atoms with E-state index < -0.39 is 0 Å². The van der Waals surface area contributed by atoms with Crippen LogP contribution in [0.4, 0.5) is 34.1 Å². The lowest BCUT2D eigenvalue weighted by Crippen LogP contribution is -2.56. The lowest BCUT2D eigenvalue weighted by Gasteiger charge is -2.41. The van der Waals surface area contributed by atoms with Gasteiger partial charge in [0.1, 0.15) is 0 Å². The van der Waals surface area contributed by atoms with E-state index in [9.17, 15) is 0 Å². The Hall–Kier alpha value is -8.73. The van der Waals surface area contributed by atoms with Crippen molar-refractivity contribution in [1.82, 2.24) is 8.96 Å². The number of rotatable bonds is 4. The molecule has 0 atom stereocenters. The molecule has 4 nitrogen and oxygen atoms in total. The Morgan fingerprint density at radius 1 is 0.289 bits per heavy atom. The fourth-order valence-electron chi connectivity index (χ4n) is 15.4. The van der Waals surface area contributed by atoms with Gasteiger partial charge in [-0.3, -0.25) is 0 Å². The van der Waals surface area contributed by atoms with E-state index >= 15 is 0 Å². The predicted molar refractivity (Wildman–Crippen MR) is 320 cm³/mol. The summed E-state index contributed by atoms with van der Waals surface area (Å²) in [7, 11) is 0. The summed E-state index contributed by atoms with van der Waals surface area (Å²) in [6, 6.07) is 79.9. The van der Waals surface area contributed by atoms with Crippen LogP contribution in [0.15, 0.2) is 206 Å². The van der Waals surface area contributed by atoms with Gasteiger partial charge in [-0.15, -0.1) is 0 Å². The van der Waals surface area contributed by atoms with Gasteiger partial charge in [-0.1, -0.05) is 146 Å². The molecule has 0 unspecified atom stereocenters. The molecule has 6 heteroatoms. The highest BCUT2D eigenvalue weighted by atomic mass is 15.2. The number of aromatic nitrogens is 2. The van der Waals surface area contributed by atoms with Crippen LogP contribution in [-0.4, -0.2) is 22.7 Å². The number of para-hydroxylation sites is 6. The van der Waals surface area contributed by atoms with Gasteiger partial charge in [0.2, 0.25) is 0 Å². The summed E-state index contributed by atoms with van der Waals surface area (Å²) in [4.78, 5) is 5.12. The Bertz CT molecular complexity index is 4220. The zero-order valence-corrected chi connectivity index (χ0v) is 42.2. The van der Waals surface area contributed by atoms with Gasteiger partial charge in [0, 0.05) is 67.1 Å². The minimum absolute atomic E-state index is 0.0714. The highest BCUT2D eigenvalue weighted by molar-refractivity contribution is 6.92. The second-order valence-corrected chi connectivity index (χ2v) is 22.4. The third-order valence-corrected chi connectivity index (χ3v) is 18.5. The first-order valence-electron chi connectivity index (χ1n) is 27.8. The standard InChI is InChI=1S/C70H50B2N4/c1-3-21-51(22-4-1)73-61-31-13-11-29-59(61)71-65-57(39-49(41-63(65)73)47-35-33-43-17-7-9-19-45(43)37-47)53-25-15-27-55-67(53)75(71)69-56-28-16-26-54-58-40-50(48-36-34-44-18-8-10-20-46(44)38-48)42-64-66(58)72(76(68(54)56)70(55)69)60-30-12-14-32-62(60)74(64)52-23-5-2-6-24-52/h1-6,11-16,21-42H,7-10,17-20H2. The average molecular weight is 969 g/mol. The largest absolute Gasteiger partial charge is 0.374 e. The van der Waals surface area contributed by atoms with Crippen LogP contribution in [0.3, 0.4) is 0 Å². The van der Waals surface area contributed by atoms with E-state index in [1.165, 1.54) is 194 Å². The monoisotopic (exact) mass is 968 g/mol. The van der Waals surface area contributed by atoms with Crippen LogP contribution in [0.5, 0.6) is 0 Å². The van der Waals surface area contributed by atoms with E-state index in [4.69, 9.17) is 0 Å². The molecular formula is C70H50B2N4. The topological polar surface area (TPSA) is 16.3 Å². The van der Waals surface area contributed by atoms with Gasteiger partial charge < -0.3 is 18.8 Å². The molecule has 0 fully saturated rings. The van der Waals surface area contributed by atoms with Gasteiger partial charge in [-0.25, -0.2) is 0 Å². The molecule has 6 heterocycles. The molecule has 0 amide bonds. The zero-order valence-electron chi connectivity index (χ0n) is 42.2. The van der Waals surface area contributed by atoms with Gasteiger partial charge in [0.05, 0.1) is 11.0 Å². The van der Waals surface area contributed by atoms with E-state index in [-0.39, 0.29) is 13.7 Å². The van der Waals surface area contributed by atoms with Crippen molar-refractivity contribution in [2.45, 2.75) is 51.4 Å². The summed E-state index contributed by atoms with van der Waals surface area (Å²) < 4.78 is 5.60. The van der Waals surface area contributed by atoms with Gasteiger partial charge in [0.25, 0.3) is 0 Å². The maximum Gasteiger partial charge on any atom is 0.333 e. The van der Waals surface area contributed by atoms with E-state index in [1.807, 2.05) is 0 Å². The van der Waals surface area contributed by atoms with Gasteiger partial charge in [0.15, 0.2) is 0 Å². The Morgan fingerprint density at radius 2 is 0.711 bits per heavy atom. The van der Waals surface area contributed by atoms with Crippen molar-refractivity contribution >= 4 is 103 Å². The summed E-state index contributed by atoms with van der Waals surface area (Å²) in [6.07, 6.45) is 9.75. The van der Waals surface area contributed by atoms with Gasteiger partial charge >= 0.3 is 13.7 Å². The molecule has 356 valence electrons. The SMILES string of the molecule is c1ccc(N2c3ccccc3B3c4c(cc(-c5ccc6c(c5)CCCC6)cc42)-c2cccc4c2n3c2c3cccc5c3n(c42)B2c3ccccc3N(c3ccccc3)c3cc(-c4ccc6c(c4)CCCC6)cc-5c32)cc1. The minimum atomic E-state index is -0.0714. The molecule has 10 aromatic carbocycles. The maximum atomic E-state index is 2.80. The summed E-state index contributed by atoms with van der Waals surface area (Å²) in [5.41, 5.74) is 34.5. The minimum Gasteiger partial charge on any atom is -0.374 e. The van der Waals surface area contributed by atoms with Crippen LogP contribution < -0.4 is 31.7 Å². The highest BCUT2D eigenvalue weighted by Gasteiger charge is 2.47. The molecule has 18 rings (SSSR count). The first-order chi connectivity index (χ1) is 37.7. The maximum absolute atomic E-state index is 2.80. The number of anilines is 6. The molecule has 0 saturated carbocycles. The number of fused-ring (bicyclic) bond motifs is 15. The normalized spacial score (nSPS) is 15.1. The van der Waals surface area contributed by atoms with Crippen molar-refractivity contribution in [3.05, 3.63) is 229 Å². The molecule has 0 spiro atoms. The van der Waals surface area contributed by atoms with Crippen LogP contribution in [0.1, 0.15) is 47.9 Å². The number of benzene rings is 10.